The SMILES string of the molecule is COC(=O)[C@@]1(Sc2ccccc2)C[C@H](OC(=O)CCl)[C@@H](NC(=O)OCC(Cl)(Cl)Cl)[C@H]([C@H](OC(=O)CCl)[C@@H](COC(=O)C(C)(C)C)OC(=O)CCl)O1. The van der Waals surface area contributed by atoms with Crippen LogP contribution < -0.4 is 5.32 Å². The Bertz CT molecular complexity index is 1380. The minimum atomic E-state index is -2.13. The Morgan fingerprint density at radius 3 is 2.04 bits per heavy atom. The molecule has 14 nitrogen and oxygen atoms in total. The molecule has 1 saturated heterocycles. The third-order valence-corrected chi connectivity index (χ3v) is 8.82. The van der Waals surface area contributed by atoms with Crippen LogP contribution >= 0.6 is 81.4 Å². The lowest BCUT2D eigenvalue weighted by Gasteiger charge is -2.48. The van der Waals surface area contributed by atoms with E-state index in [0.717, 1.165) is 18.9 Å². The molecule has 286 valence electrons. The fourth-order valence-corrected chi connectivity index (χ4v) is 6.01. The molecule has 0 unspecified atom stereocenters. The summed E-state index contributed by atoms with van der Waals surface area (Å²) in [5.41, 5.74) is -1.05. The molecule has 1 amide bonds. The van der Waals surface area contributed by atoms with E-state index >= 15 is 0 Å². The molecule has 1 aliphatic rings. The van der Waals surface area contributed by atoms with Crippen LogP contribution in [0.5, 0.6) is 0 Å². The number of thioether (sulfide) groups is 1. The van der Waals surface area contributed by atoms with Crippen LogP contribution in [0.4, 0.5) is 4.79 Å². The van der Waals surface area contributed by atoms with E-state index in [2.05, 4.69) is 5.32 Å². The average molecular weight is 862 g/mol. The Hall–Kier alpha value is -2.11. The van der Waals surface area contributed by atoms with Gasteiger partial charge in [-0.25, -0.2) is 9.59 Å². The first-order valence-corrected chi connectivity index (χ1v) is 18.3. The van der Waals surface area contributed by atoms with Gasteiger partial charge >= 0.3 is 35.9 Å². The molecule has 0 bridgehead atoms. The van der Waals surface area contributed by atoms with E-state index in [1.807, 2.05) is 0 Å². The molecule has 1 heterocycles. The standard InChI is InChI=1S/C30H35Cl6NO13S/c1-28(2,3)25(41)45-14-18(48-20(39)12-32)23(49-21(40)13-33)24-22(37-27(43)46-15-30(34,35)36)17(47-19(38)11-31)10-29(50-24,26(42)44-4)51-16-8-6-5-7-9-16/h5-9,17-18,22-24H,10-15H2,1-4H3,(H,37,43)/t17-,18+,22+,23+,24+,29-/m0/s1. The molecule has 0 spiro atoms. The molecule has 0 saturated carbocycles. The highest BCUT2D eigenvalue weighted by atomic mass is 35.6. The Morgan fingerprint density at radius 1 is 0.922 bits per heavy atom. The summed E-state index contributed by atoms with van der Waals surface area (Å²) in [6.45, 7) is 3.12. The van der Waals surface area contributed by atoms with Crippen LogP contribution in [0.15, 0.2) is 35.2 Å². The first-order valence-electron chi connectivity index (χ1n) is 14.7. The number of methoxy groups -OCH3 is 1. The Kier molecular flexibility index (Phi) is 18.0. The van der Waals surface area contributed by atoms with Crippen molar-refractivity contribution in [1.29, 1.82) is 0 Å². The smallest absolute Gasteiger partial charge is 0.407 e. The van der Waals surface area contributed by atoms with Crippen molar-refractivity contribution >= 4 is 117 Å². The summed E-state index contributed by atoms with van der Waals surface area (Å²) >= 11 is 35.3. The predicted molar refractivity (Wildman–Crippen MR) is 187 cm³/mol. The van der Waals surface area contributed by atoms with Crippen molar-refractivity contribution < 1.29 is 61.9 Å². The van der Waals surface area contributed by atoms with Crippen LogP contribution in [0.3, 0.4) is 0 Å². The van der Waals surface area contributed by atoms with Gasteiger partial charge in [-0.1, -0.05) is 64.8 Å². The normalized spacial score (nSPS) is 21.6. The van der Waals surface area contributed by atoms with Gasteiger partial charge in [-0.3, -0.25) is 19.2 Å². The molecule has 2 rings (SSSR count). The van der Waals surface area contributed by atoms with Crippen molar-refractivity contribution in [2.45, 2.75) is 71.3 Å². The van der Waals surface area contributed by atoms with Crippen molar-refractivity contribution in [2.75, 3.05) is 38.0 Å². The van der Waals surface area contributed by atoms with E-state index in [4.69, 9.17) is 103 Å². The summed E-state index contributed by atoms with van der Waals surface area (Å²) < 4.78 is 36.7. The number of benzene rings is 1. The van der Waals surface area contributed by atoms with Crippen LogP contribution in [0.1, 0.15) is 27.2 Å². The number of alkyl halides is 6. The molecular weight excluding hydrogens is 827 g/mol. The first kappa shape index (κ1) is 45.0. The molecule has 1 aromatic rings. The highest BCUT2D eigenvalue weighted by molar-refractivity contribution is 8.01. The Balaban J connectivity index is 2.88. The van der Waals surface area contributed by atoms with Gasteiger partial charge in [0, 0.05) is 11.3 Å². The molecule has 0 radical (unpaired) electrons. The second-order valence-corrected chi connectivity index (χ2v) is 16.2. The molecule has 21 heteroatoms. The maximum Gasteiger partial charge on any atom is 0.407 e. The third kappa shape index (κ3) is 14.3. The van der Waals surface area contributed by atoms with E-state index in [1.165, 1.54) is 0 Å². The molecule has 1 N–H and O–H groups in total. The second kappa shape index (κ2) is 20.4. The highest BCUT2D eigenvalue weighted by Crippen LogP contribution is 2.46. The number of amides is 1. The number of ether oxygens (including phenoxy) is 7. The number of hydrogen-bond acceptors (Lipinski definition) is 14. The number of rotatable bonds is 15. The first-order chi connectivity index (χ1) is 23.8. The van der Waals surface area contributed by atoms with Crippen molar-refractivity contribution in [3.63, 3.8) is 0 Å². The fraction of sp³-hybridized carbons (Fsp3) is 0.600. The maximum atomic E-state index is 13.7. The van der Waals surface area contributed by atoms with Gasteiger partial charge in [0.05, 0.1) is 18.6 Å². The van der Waals surface area contributed by atoms with Crippen LogP contribution in [0.2, 0.25) is 0 Å². The summed E-state index contributed by atoms with van der Waals surface area (Å²) in [7, 11) is 1.06. The lowest BCUT2D eigenvalue weighted by Crippen LogP contribution is -2.68. The van der Waals surface area contributed by atoms with Gasteiger partial charge in [0.25, 0.3) is 0 Å². The molecule has 0 aromatic heterocycles. The Morgan fingerprint density at radius 2 is 1.51 bits per heavy atom. The number of hydrogen-bond donors (Lipinski definition) is 1. The van der Waals surface area contributed by atoms with Crippen LogP contribution in [-0.4, -0.2) is 113 Å². The van der Waals surface area contributed by atoms with Gasteiger partial charge in [0.15, 0.2) is 12.2 Å². The zero-order valence-corrected chi connectivity index (χ0v) is 32.9. The number of carbonyl (C=O) groups excluding carboxylic acids is 6. The van der Waals surface area contributed by atoms with Crippen molar-refractivity contribution in [1.82, 2.24) is 5.32 Å². The fourth-order valence-electron chi connectivity index (χ4n) is 4.41. The van der Waals surface area contributed by atoms with Crippen LogP contribution in [-0.2, 0) is 57.1 Å². The molecule has 0 aliphatic carbocycles. The summed E-state index contributed by atoms with van der Waals surface area (Å²) in [6.07, 6.45) is -8.81. The zero-order valence-electron chi connectivity index (χ0n) is 27.5. The average Bonchev–Trinajstić information content (AvgIpc) is 3.07. The van der Waals surface area contributed by atoms with Gasteiger partial charge in [-0.05, 0) is 32.9 Å². The zero-order chi connectivity index (χ0) is 38.6. The number of halogens is 6. The van der Waals surface area contributed by atoms with Crippen LogP contribution in [0.25, 0.3) is 0 Å². The van der Waals surface area contributed by atoms with Gasteiger partial charge < -0.3 is 38.5 Å². The minimum Gasteiger partial charge on any atom is -0.466 e. The van der Waals surface area contributed by atoms with E-state index in [1.54, 1.807) is 51.1 Å². The summed E-state index contributed by atoms with van der Waals surface area (Å²) in [6, 6.07) is 6.68. The molecule has 51 heavy (non-hydrogen) atoms. The Labute approximate surface area is 327 Å². The predicted octanol–water partition coefficient (Wildman–Crippen LogP) is 4.94. The molecule has 1 aliphatic heterocycles. The highest BCUT2D eigenvalue weighted by Gasteiger charge is 2.59. The van der Waals surface area contributed by atoms with E-state index < -0.39 is 118 Å². The number of nitrogens with one attached hydrogen (secondary N) is 1. The van der Waals surface area contributed by atoms with Crippen molar-refractivity contribution in [2.24, 2.45) is 5.41 Å². The summed E-state index contributed by atoms with van der Waals surface area (Å²) in [5, 5.41) is 2.42. The summed E-state index contributed by atoms with van der Waals surface area (Å²) in [5.74, 6) is -7.09. The number of carbonyl (C=O) groups is 6. The number of alkyl carbamates (subject to hydrolysis) is 1. The third-order valence-electron chi connectivity index (χ3n) is 6.57. The molecular formula is C30H35Cl6NO13S. The largest absolute Gasteiger partial charge is 0.466 e. The molecule has 6 atom stereocenters. The van der Waals surface area contributed by atoms with Crippen LogP contribution in [0, 0.1) is 5.41 Å². The second-order valence-electron chi connectivity index (χ2n) is 11.6. The molecule has 1 fully saturated rings. The van der Waals surface area contributed by atoms with E-state index in [0.29, 0.717) is 4.90 Å². The van der Waals surface area contributed by atoms with Gasteiger partial charge in [-0.2, -0.15) is 0 Å². The minimum absolute atomic E-state index is 0.455. The van der Waals surface area contributed by atoms with Gasteiger partial charge in [0.2, 0.25) is 8.73 Å². The molecule has 1 aromatic carbocycles. The summed E-state index contributed by atoms with van der Waals surface area (Å²) in [4.78, 5) is 76.2. The lowest BCUT2D eigenvalue weighted by atomic mass is 9.89. The van der Waals surface area contributed by atoms with E-state index in [-0.39, 0.29) is 0 Å². The number of esters is 5. The monoisotopic (exact) mass is 859 g/mol. The van der Waals surface area contributed by atoms with Gasteiger partial charge in [-0.15, -0.1) is 34.8 Å². The van der Waals surface area contributed by atoms with Gasteiger partial charge in [0.1, 0.15) is 43.1 Å². The topological polar surface area (TPSA) is 179 Å². The van der Waals surface area contributed by atoms with Crippen molar-refractivity contribution in [3.8, 4) is 0 Å². The lowest BCUT2D eigenvalue weighted by molar-refractivity contribution is -0.223. The maximum absolute atomic E-state index is 13.7. The van der Waals surface area contributed by atoms with Crippen molar-refractivity contribution in [3.05, 3.63) is 30.3 Å². The van der Waals surface area contributed by atoms with E-state index in [9.17, 15) is 28.8 Å². The quantitative estimate of drug-likeness (QED) is 0.142.